The number of ether oxygens (including phenoxy) is 4. The molecule has 0 aromatic heterocycles. The third kappa shape index (κ3) is 3.87. The molecule has 0 heterocycles. The molecule has 0 atom stereocenters. The van der Waals surface area contributed by atoms with Crippen molar-refractivity contribution in [2.24, 2.45) is 0 Å². The zero-order valence-electron chi connectivity index (χ0n) is 14.2. The normalized spacial score (nSPS) is 10.5. The van der Waals surface area contributed by atoms with Crippen molar-refractivity contribution in [1.29, 1.82) is 0 Å². The number of ketones is 1. The smallest absolute Gasteiger partial charge is 0.193 e. The first kappa shape index (κ1) is 17.4. The van der Waals surface area contributed by atoms with Gasteiger partial charge in [-0.3, -0.25) is 4.79 Å². The molecule has 2 rings (SSSR count). The van der Waals surface area contributed by atoms with E-state index in [1.54, 1.807) is 32.4 Å². The van der Waals surface area contributed by atoms with Crippen molar-refractivity contribution in [3.8, 4) is 23.0 Å². The summed E-state index contributed by atoms with van der Waals surface area (Å²) >= 11 is 0. The molecule has 0 aliphatic carbocycles. The lowest BCUT2D eigenvalue weighted by Gasteiger charge is -2.13. The van der Waals surface area contributed by atoms with Crippen LogP contribution >= 0.6 is 0 Å². The molecule has 0 fully saturated rings. The molecule has 0 radical (unpaired) electrons. The number of hydrogen-bond acceptors (Lipinski definition) is 5. The van der Waals surface area contributed by atoms with Crippen LogP contribution < -0.4 is 18.9 Å². The highest BCUT2D eigenvalue weighted by atomic mass is 16.5. The first-order chi connectivity index (χ1) is 11.6. The molecule has 0 bridgehead atoms. The molecule has 126 valence electrons. The zero-order chi connectivity index (χ0) is 17.5. The van der Waals surface area contributed by atoms with Crippen molar-refractivity contribution in [1.82, 2.24) is 0 Å². The molecular weight excluding hydrogens is 308 g/mol. The Hall–Kier alpha value is -2.95. The molecule has 5 heteroatoms. The first-order valence-corrected chi connectivity index (χ1v) is 7.29. The summed E-state index contributed by atoms with van der Waals surface area (Å²) in [5.41, 5.74) is 1.24. The van der Waals surface area contributed by atoms with Crippen LogP contribution in [0, 0.1) is 0 Å². The van der Waals surface area contributed by atoms with Crippen LogP contribution in [0.25, 0.3) is 6.08 Å². The minimum absolute atomic E-state index is 0.220. The van der Waals surface area contributed by atoms with Gasteiger partial charge in [0.2, 0.25) is 0 Å². The Morgan fingerprint density at radius 3 is 1.79 bits per heavy atom. The number of hydrogen-bond donors (Lipinski definition) is 0. The summed E-state index contributed by atoms with van der Waals surface area (Å²) in [5.74, 6) is 1.89. The van der Waals surface area contributed by atoms with E-state index in [0.29, 0.717) is 22.8 Å². The van der Waals surface area contributed by atoms with Gasteiger partial charge in [0.1, 0.15) is 28.6 Å². The van der Waals surface area contributed by atoms with E-state index in [-0.39, 0.29) is 5.78 Å². The van der Waals surface area contributed by atoms with E-state index in [0.717, 1.165) is 11.3 Å². The van der Waals surface area contributed by atoms with Crippen LogP contribution in [-0.2, 0) is 0 Å². The van der Waals surface area contributed by atoms with Crippen LogP contribution in [0.4, 0.5) is 0 Å². The van der Waals surface area contributed by atoms with Crippen molar-refractivity contribution in [2.45, 2.75) is 0 Å². The predicted molar refractivity (Wildman–Crippen MR) is 92.5 cm³/mol. The van der Waals surface area contributed by atoms with E-state index in [9.17, 15) is 4.79 Å². The van der Waals surface area contributed by atoms with Gasteiger partial charge in [0.05, 0.1) is 28.4 Å². The number of methoxy groups -OCH3 is 4. The van der Waals surface area contributed by atoms with Gasteiger partial charge < -0.3 is 18.9 Å². The Balaban J connectivity index is 2.32. The molecular formula is C19H20O5. The van der Waals surface area contributed by atoms with Crippen molar-refractivity contribution >= 4 is 11.9 Å². The van der Waals surface area contributed by atoms with Gasteiger partial charge in [-0.2, -0.15) is 0 Å². The van der Waals surface area contributed by atoms with E-state index >= 15 is 0 Å². The maximum atomic E-state index is 12.6. The molecule has 0 unspecified atom stereocenters. The van der Waals surface area contributed by atoms with E-state index in [1.165, 1.54) is 20.3 Å². The molecule has 0 aliphatic rings. The summed E-state index contributed by atoms with van der Waals surface area (Å²) in [7, 11) is 6.15. The fourth-order valence-corrected chi connectivity index (χ4v) is 2.22. The lowest BCUT2D eigenvalue weighted by Crippen LogP contribution is -2.03. The van der Waals surface area contributed by atoms with Gasteiger partial charge >= 0.3 is 0 Å². The second kappa shape index (κ2) is 8.06. The van der Waals surface area contributed by atoms with Crippen LogP contribution in [-0.4, -0.2) is 34.2 Å². The standard InChI is InChI=1S/C19H20O5/c1-21-14-8-5-13(6-9-14)7-10-16(20)19-17(23-3)11-15(22-2)12-18(19)24-4/h5-12H,1-4H3. The molecule has 0 aliphatic heterocycles. The van der Waals surface area contributed by atoms with Gasteiger partial charge in [0, 0.05) is 12.1 Å². The fourth-order valence-electron chi connectivity index (χ4n) is 2.22. The predicted octanol–water partition coefficient (Wildman–Crippen LogP) is 3.62. The van der Waals surface area contributed by atoms with Crippen molar-refractivity contribution < 1.29 is 23.7 Å². The van der Waals surface area contributed by atoms with Crippen LogP contribution in [0.5, 0.6) is 23.0 Å². The summed E-state index contributed by atoms with van der Waals surface area (Å²) in [4.78, 5) is 12.6. The Morgan fingerprint density at radius 1 is 0.792 bits per heavy atom. The number of carbonyl (C=O) groups is 1. The van der Waals surface area contributed by atoms with E-state index < -0.39 is 0 Å². The molecule has 2 aromatic rings. The largest absolute Gasteiger partial charge is 0.497 e. The maximum absolute atomic E-state index is 12.6. The van der Waals surface area contributed by atoms with Crippen molar-refractivity contribution in [3.05, 3.63) is 53.6 Å². The summed E-state index contributed by atoms with van der Waals surface area (Å²) in [6, 6.07) is 10.7. The summed E-state index contributed by atoms with van der Waals surface area (Å²) < 4.78 is 20.9. The minimum Gasteiger partial charge on any atom is -0.497 e. The Morgan fingerprint density at radius 2 is 1.33 bits per heavy atom. The van der Waals surface area contributed by atoms with Gasteiger partial charge in [0.25, 0.3) is 0 Å². The first-order valence-electron chi connectivity index (χ1n) is 7.29. The van der Waals surface area contributed by atoms with E-state index in [1.807, 2.05) is 24.3 Å². The molecule has 0 amide bonds. The average Bonchev–Trinajstić information content (AvgIpc) is 2.65. The number of allylic oxidation sites excluding steroid dienone is 1. The van der Waals surface area contributed by atoms with Gasteiger partial charge in [-0.1, -0.05) is 18.2 Å². The molecule has 0 saturated carbocycles. The van der Waals surface area contributed by atoms with E-state index in [4.69, 9.17) is 18.9 Å². The number of rotatable bonds is 7. The molecule has 0 spiro atoms. The number of benzene rings is 2. The van der Waals surface area contributed by atoms with Crippen molar-refractivity contribution in [2.75, 3.05) is 28.4 Å². The van der Waals surface area contributed by atoms with Gasteiger partial charge in [-0.25, -0.2) is 0 Å². The SMILES string of the molecule is COc1ccc(C=CC(=O)c2c(OC)cc(OC)cc2OC)cc1. The Labute approximate surface area is 141 Å². The molecule has 5 nitrogen and oxygen atoms in total. The monoisotopic (exact) mass is 328 g/mol. The Kier molecular flexibility index (Phi) is 5.84. The van der Waals surface area contributed by atoms with Gasteiger partial charge in [-0.05, 0) is 23.8 Å². The highest BCUT2D eigenvalue weighted by molar-refractivity contribution is 6.10. The second-order valence-corrected chi connectivity index (χ2v) is 4.88. The molecule has 2 aromatic carbocycles. The van der Waals surface area contributed by atoms with Crippen LogP contribution in [0.1, 0.15) is 15.9 Å². The van der Waals surface area contributed by atoms with Gasteiger partial charge in [0.15, 0.2) is 5.78 Å². The summed E-state index contributed by atoms with van der Waals surface area (Å²) in [6.07, 6.45) is 3.21. The third-order valence-corrected chi connectivity index (χ3v) is 3.50. The van der Waals surface area contributed by atoms with Crippen LogP contribution in [0.3, 0.4) is 0 Å². The Bertz CT molecular complexity index is 707. The lowest BCUT2D eigenvalue weighted by molar-refractivity contribution is 0.104. The topological polar surface area (TPSA) is 54.0 Å². The lowest BCUT2D eigenvalue weighted by atomic mass is 10.1. The highest BCUT2D eigenvalue weighted by Gasteiger charge is 2.18. The van der Waals surface area contributed by atoms with E-state index in [2.05, 4.69) is 0 Å². The quantitative estimate of drug-likeness (QED) is 0.574. The van der Waals surface area contributed by atoms with Gasteiger partial charge in [-0.15, -0.1) is 0 Å². The van der Waals surface area contributed by atoms with Crippen molar-refractivity contribution in [3.63, 3.8) is 0 Å². The number of carbonyl (C=O) groups excluding carboxylic acids is 1. The summed E-state index contributed by atoms with van der Waals surface area (Å²) in [6.45, 7) is 0. The third-order valence-electron chi connectivity index (χ3n) is 3.50. The average molecular weight is 328 g/mol. The maximum Gasteiger partial charge on any atom is 0.193 e. The second-order valence-electron chi connectivity index (χ2n) is 4.88. The van der Waals surface area contributed by atoms with Crippen LogP contribution in [0.2, 0.25) is 0 Å². The minimum atomic E-state index is -0.220. The molecule has 0 N–H and O–H groups in total. The highest BCUT2D eigenvalue weighted by Crippen LogP contribution is 2.34. The fraction of sp³-hybridized carbons (Fsp3) is 0.211. The van der Waals surface area contributed by atoms with Crippen LogP contribution in [0.15, 0.2) is 42.5 Å². The molecule has 24 heavy (non-hydrogen) atoms. The zero-order valence-corrected chi connectivity index (χ0v) is 14.2. The summed E-state index contributed by atoms with van der Waals surface area (Å²) in [5, 5.41) is 0. The molecule has 0 saturated heterocycles.